The fourth-order valence-corrected chi connectivity index (χ4v) is 7.98. The van der Waals surface area contributed by atoms with Gasteiger partial charge in [0.25, 0.3) is 0 Å². The lowest BCUT2D eigenvalue weighted by molar-refractivity contribution is -0.167. The highest BCUT2D eigenvalue weighted by Gasteiger charge is 2.19. The monoisotopic (exact) mass is 885 g/mol. The van der Waals surface area contributed by atoms with Crippen LogP contribution in [0.3, 0.4) is 0 Å². The quantitative estimate of drug-likeness (QED) is 0.0262. The first kappa shape index (κ1) is 60.6. The minimum atomic E-state index is -0.768. The van der Waals surface area contributed by atoms with E-state index in [1.54, 1.807) is 0 Å². The molecule has 0 aliphatic heterocycles. The molecule has 0 fully saturated rings. The molecule has 0 radical (unpaired) electrons. The molecule has 0 aromatic rings. The van der Waals surface area contributed by atoms with Crippen LogP contribution >= 0.6 is 0 Å². The average Bonchev–Trinajstić information content (AvgIpc) is 3.28. The number of hydrogen-bond donors (Lipinski definition) is 0. The van der Waals surface area contributed by atoms with Crippen LogP contribution in [0.15, 0.2) is 36.5 Å². The van der Waals surface area contributed by atoms with E-state index >= 15 is 0 Å². The Labute approximate surface area is 391 Å². The van der Waals surface area contributed by atoms with E-state index in [4.69, 9.17) is 14.2 Å². The number of allylic oxidation sites excluding steroid dienone is 6. The molecule has 0 saturated heterocycles. The normalized spacial score (nSPS) is 12.2. The molecule has 0 heterocycles. The topological polar surface area (TPSA) is 78.9 Å². The first-order valence-electron chi connectivity index (χ1n) is 27.5. The molecule has 0 bridgehead atoms. The molecular weight excluding hydrogens is 781 g/mol. The third kappa shape index (κ3) is 50.5. The number of unbranched alkanes of at least 4 members (excludes halogenated alkanes) is 33. The van der Waals surface area contributed by atoms with Gasteiger partial charge in [-0.25, -0.2) is 0 Å². The summed E-state index contributed by atoms with van der Waals surface area (Å²) in [5.74, 6) is -0.880. The Hall–Kier alpha value is -2.37. The summed E-state index contributed by atoms with van der Waals surface area (Å²) >= 11 is 0. The average molecular weight is 885 g/mol. The third-order valence-corrected chi connectivity index (χ3v) is 12.1. The van der Waals surface area contributed by atoms with Crippen molar-refractivity contribution in [2.75, 3.05) is 13.2 Å². The molecule has 0 aliphatic carbocycles. The Morgan fingerprint density at radius 3 is 0.889 bits per heavy atom. The van der Waals surface area contributed by atoms with Gasteiger partial charge in [-0.2, -0.15) is 0 Å². The molecule has 0 saturated carbocycles. The highest BCUT2D eigenvalue weighted by Crippen LogP contribution is 2.16. The largest absolute Gasteiger partial charge is 0.462 e. The minimum absolute atomic E-state index is 0.0725. The van der Waals surface area contributed by atoms with Crippen molar-refractivity contribution in [2.24, 2.45) is 0 Å². The summed E-state index contributed by atoms with van der Waals surface area (Å²) in [7, 11) is 0. The van der Waals surface area contributed by atoms with Crippen molar-refractivity contribution < 1.29 is 28.6 Å². The van der Waals surface area contributed by atoms with Crippen LogP contribution in [0, 0.1) is 0 Å². The zero-order valence-electron chi connectivity index (χ0n) is 42.1. The molecule has 6 heteroatoms. The molecule has 63 heavy (non-hydrogen) atoms. The van der Waals surface area contributed by atoms with Gasteiger partial charge in [0.1, 0.15) is 13.2 Å². The van der Waals surface area contributed by atoms with Gasteiger partial charge < -0.3 is 14.2 Å². The van der Waals surface area contributed by atoms with E-state index in [1.165, 1.54) is 167 Å². The molecule has 6 nitrogen and oxygen atoms in total. The van der Waals surface area contributed by atoms with Gasteiger partial charge in [-0.1, -0.05) is 250 Å². The Kier molecular flexibility index (Phi) is 50.3. The van der Waals surface area contributed by atoms with Gasteiger partial charge in [0.05, 0.1) is 0 Å². The molecule has 0 amide bonds. The highest BCUT2D eigenvalue weighted by molar-refractivity contribution is 5.71. The third-order valence-electron chi connectivity index (χ3n) is 12.1. The fourth-order valence-electron chi connectivity index (χ4n) is 7.98. The van der Waals surface area contributed by atoms with Crippen LogP contribution in [0.25, 0.3) is 0 Å². The van der Waals surface area contributed by atoms with E-state index in [0.29, 0.717) is 19.3 Å². The van der Waals surface area contributed by atoms with E-state index in [9.17, 15) is 14.4 Å². The number of carbonyl (C=O) groups is 3. The van der Waals surface area contributed by atoms with Gasteiger partial charge in [0.2, 0.25) is 0 Å². The van der Waals surface area contributed by atoms with Crippen molar-refractivity contribution in [3.05, 3.63) is 36.5 Å². The molecular formula is C57H104O6. The zero-order valence-corrected chi connectivity index (χ0v) is 42.1. The van der Waals surface area contributed by atoms with E-state index < -0.39 is 6.10 Å². The van der Waals surface area contributed by atoms with E-state index in [1.807, 2.05) is 0 Å². The summed E-state index contributed by atoms with van der Waals surface area (Å²) in [6, 6.07) is 0. The lowest BCUT2D eigenvalue weighted by Crippen LogP contribution is -2.30. The second kappa shape index (κ2) is 52.3. The smallest absolute Gasteiger partial charge is 0.306 e. The lowest BCUT2D eigenvalue weighted by Gasteiger charge is -2.18. The summed E-state index contributed by atoms with van der Waals surface area (Å²) in [5, 5.41) is 0. The van der Waals surface area contributed by atoms with Gasteiger partial charge in [-0.05, 0) is 57.8 Å². The van der Waals surface area contributed by atoms with Crippen LogP contribution in [-0.4, -0.2) is 37.2 Å². The van der Waals surface area contributed by atoms with Crippen LogP contribution < -0.4 is 0 Å². The second-order valence-electron chi connectivity index (χ2n) is 18.5. The number of esters is 3. The Morgan fingerprint density at radius 1 is 0.317 bits per heavy atom. The maximum Gasteiger partial charge on any atom is 0.306 e. The molecule has 368 valence electrons. The summed E-state index contributed by atoms with van der Waals surface area (Å²) < 4.78 is 16.7. The molecule has 0 aromatic heterocycles. The number of hydrogen-bond acceptors (Lipinski definition) is 6. The van der Waals surface area contributed by atoms with Crippen LogP contribution in [0.2, 0.25) is 0 Å². The number of ether oxygens (including phenoxy) is 3. The Balaban J connectivity index is 4.10. The van der Waals surface area contributed by atoms with E-state index in [-0.39, 0.29) is 31.1 Å². The van der Waals surface area contributed by atoms with Gasteiger partial charge in [0, 0.05) is 19.3 Å². The number of carbonyl (C=O) groups excluding carboxylic acids is 3. The van der Waals surface area contributed by atoms with Crippen LogP contribution in [0.4, 0.5) is 0 Å². The van der Waals surface area contributed by atoms with E-state index in [2.05, 4.69) is 57.2 Å². The first-order chi connectivity index (χ1) is 31.0. The SMILES string of the molecule is CCCCCCC/C=C\C/C=C\C/C=C\CCCCCCCCCCC(=O)OCC(COC(=O)CCCCCCC)OC(=O)CCCCCCCCCCCCCCCCCCC. The van der Waals surface area contributed by atoms with Crippen molar-refractivity contribution in [2.45, 2.75) is 297 Å². The van der Waals surface area contributed by atoms with Gasteiger partial charge in [-0.3, -0.25) is 14.4 Å². The summed E-state index contributed by atoms with van der Waals surface area (Å²) in [6.07, 6.45) is 61.7. The van der Waals surface area contributed by atoms with Gasteiger partial charge in [0.15, 0.2) is 6.10 Å². The maximum absolute atomic E-state index is 12.8. The standard InChI is InChI=1S/C57H104O6/c1-4-7-10-13-15-17-19-21-23-25-26-27-28-29-30-32-33-35-37-39-41-44-47-50-56(59)62-53-54(52-61-55(58)49-46-43-12-9-6-3)63-57(60)51-48-45-42-40-38-36-34-31-24-22-20-18-16-14-11-8-5-2/h19,21,25-26,28-29,54H,4-18,20,22-24,27,30-53H2,1-3H3/b21-19-,26-25-,29-28-. The fraction of sp³-hybridized carbons (Fsp3) is 0.842. The van der Waals surface area contributed by atoms with Crippen molar-refractivity contribution in [1.29, 1.82) is 0 Å². The lowest BCUT2D eigenvalue weighted by atomic mass is 10.0. The molecule has 0 N–H and O–H groups in total. The minimum Gasteiger partial charge on any atom is -0.462 e. The highest BCUT2D eigenvalue weighted by atomic mass is 16.6. The van der Waals surface area contributed by atoms with Gasteiger partial charge >= 0.3 is 17.9 Å². The Bertz CT molecular complexity index is 1060. The van der Waals surface area contributed by atoms with Crippen molar-refractivity contribution >= 4 is 17.9 Å². The molecule has 0 spiro atoms. The predicted molar refractivity (Wildman–Crippen MR) is 270 cm³/mol. The second-order valence-corrected chi connectivity index (χ2v) is 18.5. The van der Waals surface area contributed by atoms with Crippen LogP contribution in [-0.2, 0) is 28.6 Å². The summed E-state index contributed by atoms with van der Waals surface area (Å²) in [4.78, 5) is 37.7. The number of rotatable bonds is 50. The van der Waals surface area contributed by atoms with E-state index in [0.717, 1.165) is 83.5 Å². The first-order valence-corrected chi connectivity index (χ1v) is 27.5. The maximum atomic E-state index is 12.8. The van der Waals surface area contributed by atoms with Crippen LogP contribution in [0.1, 0.15) is 290 Å². The van der Waals surface area contributed by atoms with Crippen molar-refractivity contribution in [3.63, 3.8) is 0 Å². The van der Waals surface area contributed by atoms with Gasteiger partial charge in [-0.15, -0.1) is 0 Å². The molecule has 0 aliphatic rings. The van der Waals surface area contributed by atoms with Crippen molar-refractivity contribution in [1.82, 2.24) is 0 Å². The molecule has 1 unspecified atom stereocenters. The molecule has 0 aromatic carbocycles. The molecule has 1 atom stereocenters. The van der Waals surface area contributed by atoms with Crippen LogP contribution in [0.5, 0.6) is 0 Å². The molecule has 0 rings (SSSR count). The summed E-state index contributed by atoms with van der Waals surface area (Å²) in [5.41, 5.74) is 0. The zero-order chi connectivity index (χ0) is 45.8. The van der Waals surface area contributed by atoms with Crippen molar-refractivity contribution in [3.8, 4) is 0 Å². The predicted octanol–water partition coefficient (Wildman–Crippen LogP) is 18.1. The Morgan fingerprint density at radius 2 is 0.571 bits per heavy atom. The summed E-state index contributed by atoms with van der Waals surface area (Å²) in [6.45, 7) is 6.57.